The molecule has 2 rings (SSSR count). The molecule has 1 aliphatic carbocycles. The van der Waals surface area contributed by atoms with Crippen LogP contribution in [0.2, 0.25) is 0 Å². The Morgan fingerprint density at radius 1 is 1.14 bits per heavy atom. The van der Waals surface area contributed by atoms with Crippen LogP contribution in [0.1, 0.15) is 31.2 Å². The molecule has 0 heterocycles. The molecule has 0 aliphatic heterocycles. The van der Waals surface area contributed by atoms with Crippen LogP contribution in [0, 0.1) is 0 Å². The zero-order valence-corrected chi connectivity index (χ0v) is 8.19. The summed E-state index contributed by atoms with van der Waals surface area (Å²) in [6, 6.07) is 9.48. The summed E-state index contributed by atoms with van der Waals surface area (Å²) in [6.07, 6.45) is 2.75. The third kappa shape index (κ3) is 1.56. The molecule has 14 heavy (non-hydrogen) atoms. The van der Waals surface area contributed by atoms with E-state index in [1.165, 1.54) is 0 Å². The maximum atomic E-state index is 10.4. The quantitative estimate of drug-likeness (QED) is 0.712. The van der Waals surface area contributed by atoms with Crippen molar-refractivity contribution in [1.29, 1.82) is 0 Å². The summed E-state index contributed by atoms with van der Waals surface area (Å²) in [5.41, 5.74) is -0.174. The van der Waals surface area contributed by atoms with Gasteiger partial charge in [-0.3, -0.25) is 0 Å². The molecule has 2 N–H and O–H groups in total. The van der Waals surface area contributed by atoms with E-state index in [0.29, 0.717) is 12.8 Å². The molecule has 1 aromatic carbocycles. The second kappa shape index (κ2) is 3.71. The van der Waals surface area contributed by atoms with Gasteiger partial charge >= 0.3 is 0 Å². The lowest BCUT2D eigenvalue weighted by molar-refractivity contribution is -0.106. The van der Waals surface area contributed by atoms with Crippen molar-refractivity contribution in [3.8, 4) is 0 Å². The number of aliphatic hydroxyl groups excluding tert-OH is 1. The highest BCUT2D eigenvalue weighted by Gasteiger charge is 2.38. The van der Waals surface area contributed by atoms with Gasteiger partial charge in [-0.05, 0) is 18.4 Å². The lowest BCUT2D eigenvalue weighted by atomic mass is 9.77. The van der Waals surface area contributed by atoms with Crippen LogP contribution in [0.5, 0.6) is 0 Å². The number of rotatable bonds is 1. The molecular formula is C12H16O2. The van der Waals surface area contributed by atoms with Gasteiger partial charge in [0.2, 0.25) is 0 Å². The van der Waals surface area contributed by atoms with E-state index in [9.17, 15) is 10.2 Å². The molecule has 2 atom stereocenters. The van der Waals surface area contributed by atoms with Crippen molar-refractivity contribution in [2.75, 3.05) is 0 Å². The van der Waals surface area contributed by atoms with Crippen molar-refractivity contribution in [2.24, 2.45) is 0 Å². The standard InChI is InChI=1S/C12H16O2/c13-11-8-4-5-9-12(11,14)10-6-2-1-3-7-10/h1-3,6-7,11,13-14H,4-5,8-9H2/t11?,12-/m1/s1. The van der Waals surface area contributed by atoms with Gasteiger partial charge in [-0.15, -0.1) is 0 Å². The predicted octanol–water partition coefficient (Wildman–Crippen LogP) is 1.81. The molecular weight excluding hydrogens is 176 g/mol. The first-order valence-corrected chi connectivity index (χ1v) is 5.19. The summed E-state index contributed by atoms with van der Waals surface area (Å²) < 4.78 is 0. The van der Waals surface area contributed by atoms with Gasteiger partial charge in [0.15, 0.2) is 0 Å². The minimum absolute atomic E-state index is 0.612. The third-order valence-corrected chi connectivity index (χ3v) is 3.11. The van der Waals surface area contributed by atoms with Crippen molar-refractivity contribution in [3.63, 3.8) is 0 Å². The van der Waals surface area contributed by atoms with Gasteiger partial charge in [-0.1, -0.05) is 43.2 Å². The lowest BCUT2D eigenvalue weighted by Crippen LogP contribution is -2.41. The van der Waals surface area contributed by atoms with E-state index in [4.69, 9.17) is 0 Å². The fraction of sp³-hybridized carbons (Fsp3) is 0.500. The second-order valence-electron chi connectivity index (χ2n) is 4.05. The third-order valence-electron chi connectivity index (χ3n) is 3.11. The van der Waals surface area contributed by atoms with Crippen LogP contribution in [-0.4, -0.2) is 16.3 Å². The largest absolute Gasteiger partial charge is 0.390 e. The number of aliphatic hydroxyl groups is 2. The first kappa shape index (κ1) is 9.69. The summed E-state index contributed by atoms with van der Waals surface area (Å²) in [6.45, 7) is 0. The molecule has 2 nitrogen and oxygen atoms in total. The molecule has 0 bridgehead atoms. The van der Waals surface area contributed by atoms with Crippen LogP contribution in [0.4, 0.5) is 0 Å². The van der Waals surface area contributed by atoms with Crippen LogP contribution in [0.25, 0.3) is 0 Å². The smallest absolute Gasteiger partial charge is 0.115 e. The highest BCUT2D eigenvalue weighted by molar-refractivity contribution is 5.24. The molecule has 1 unspecified atom stereocenters. The van der Waals surface area contributed by atoms with Crippen LogP contribution in [0.15, 0.2) is 30.3 Å². The van der Waals surface area contributed by atoms with Crippen molar-refractivity contribution in [2.45, 2.75) is 37.4 Å². The minimum atomic E-state index is -1.01. The molecule has 1 saturated carbocycles. The number of benzene rings is 1. The molecule has 0 spiro atoms. The van der Waals surface area contributed by atoms with Gasteiger partial charge in [-0.25, -0.2) is 0 Å². The monoisotopic (exact) mass is 192 g/mol. The van der Waals surface area contributed by atoms with Gasteiger partial charge in [0, 0.05) is 0 Å². The van der Waals surface area contributed by atoms with E-state index in [1.54, 1.807) is 0 Å². The van der Waals surface area contributed by atoms with Gasteiger partial charge in [-0.2, -0.15) is 0 Å². The Labute approximate surface area is 84.2 Å². The van der Waals surface area contributed by atoms with E-state index in [1.807, 2.05) is 30.3 Å². The predicted molar refractivity (Wildman–Crippen MR) is 54.8 cm³/mol. The average molecular weight is 192 g/mol. The molecule has 1 fully saturated rings. The van der Waals surface area contributed by atoms with Crippen LogP contribution >= 0.6 is 0 Å². The van der Waals surface area contributed by atoms with Crippen LogP contribution < -0.4 is 0 Å². The Hall–Kier alpha value is -0.860. The fourth-order valence-electron chi connectivity index (χ4n) is 2.20. The molecule has 0 amide bonds. The Kier molecular flexibility index (Phi) is 2.57. The molecule has 0 aromatic heterocycles. The number of hydrogen-bond acceptors (Lipinski definition) is 2. The van der Waals surface area contributed by atoms with E-state index in [0.717, 1.165) is 18.4 Å². The van der Waals surface area contributed by atoms with Gasteiger partial charge < -0.3 is 10.2 Å². The SMILES string of the molecule is OC1CCCC[C@@]1(O)c1ccccc1. The minimum Gasteiger partial charge on any atom is -0.390 e. The van der Waals surface area contributed by atoms with Gasteiger partial charge in [0.1, 0.15) is 5.60 Å². The zero-order valence-electron chi connectivity index (χ0n) is 8.19. The van der Waals surface area contributed by atoms with Gasteiger partial charge in [0.05, 0.1) is 6.10 Å². The number of hydrogen-bond donors (Lipinski definition) is 2. The summed E-state index contributed by atoms with van der Waals surface area (Å²) in [4.78, 5) is 0. The molecule has 0 saturated heterocycles. The topological polar surface area (TPSA) is 40.5 Å². The molecule has 76 valence electrons. The molecule has 1 aliphatic rings. The summed E-state index contributed by atoms with van der Waals surface area (Å²) in [7, 11) is 0. The van der Waals surface area contributed by atoms with Crippen LogP contribution in [0.3, 0.4) is 0 Å². The maximum Gasteiger partial charge on any atom is 0.115 e. The molecule has 0 radical (unpaired) electrons. The summed E-state index contributed by atoms with van der Waals surface area (Å²) in [5.74, 6) is 0. The normalized spacial score (nSPS) is 32.9. The van der Waals surface area contributed by atoms with E-state index < -0.39 is 11.7 Å². The Morgan fingerprint density at radius 2 is 1.86 bits per heavy atom. The average Bonchev–Trinajstić information content (AvgIpc) is 2.24. The second-order valence-corrected chi connectivity index (χ2v) is 4.05. The summed E-state index contributed by atoms with van der Waals surface area (Å²) >= 11 is 0. The Bertz CT molecular complexity index is 296. The van der Waals surface area contributed by atoms with Crippen molar-refractivity contribution < 1.29 is 10.2 Å². The van der Waals surface area contributed by atoms with E-state index in [2.05, 4.69) is 0 Å². The fourth-order valence-corrected chi connectivity index (χ4v) is 2.20. The van der Waals surface area contributed by atoms with Gasteiger partial charge in [0.25, 0.3) is 0 Å². The first-order chi connectivity index (χ1) is 6.73. The Balaban J connectivity index is 2.30. The van der Waals surface area contributed by atoms with E-state index in [-0.39, 0.29) is 0 Å². The zero-order chi connectivity index (χ0) is 10.0. The van der Waals surface area contributed by atoms with Crippen molar-refractivity contribution in [1.82, 2.24) is 0 Å². The highest BCUT2D eigenvalue weighted by Crippen LogP contribution is 2.36. The van der Waals surface area contributed by atoms with E-state index >= 15 is 0 Å². The first-order valence-electron chi connectivity index (χ1n) is 5.19. The molecule has 1 aromatic rings. The summed E-state index contributed by atoms with van der Waals surface area (Å²) in [5, 5.41) is 20.2. The Morgan fingerprint density at radius 3 is 2.50 bits per heavy atom. The van der Waals surface area contributed by atoms with Crippen molar-refractivity contribution in [3.05, 3.63) is 35.9 Å². The maximum absolute atomic E-state index is 10.4. The van der Waals surface area contributed by atoms with Crippen LogP contribution in [-0.2, 0) is 5.60 Å². The highest BCUT2D eigenvalue weighted by atomic mass is 16.3. The lowest BCUT2D eigenvalue weighted by Gasteiger charge is -2.37. The van der Waals surface area contributed by atoms with Crippen molar-refractivity contribution >= 4 is 0 Å². The molecule has 2 heteroatoms.